The van der Waals surface area contributed by atoms with Gasteiger partial charge in [-0.25, -0.2) is 10.4 Å². The van der Waals surface area contributed by atoms with Crippen molar-refractivity contribution in [2.24, 2.45) is 16.0 Å². The number of hydrogen-bond acceptors (Lipinski definition) is 4. The molecule has 1 atom stereocenters. The van der Waals surface area contributed by atoms with Gasteiger partial charge in [0.2, 0.25) is 5.96 Å². The Morgan fingerprint density at radius 1 is 1.07 bits per heavy atom. The predicted octanol–water partition coefficient (Wildman–Crippen LogP) is 4.81. The van der Waals surface area contributed by atoms with Crippen molar-refractivity contribution >= 4 is 17.4 Å². The first-order valence-corrected chi connectivity index (χ1v) is 9.67. The average molecular weight is 361 g/mol. The Morgan fingerprint density at radius 2 is 1.74 bits per heavy atom. The molecule has 2 aromatic rings. The zero-order valence-corrected chi connectivity index (χ0v) is 16.3. The van der Waals surface area contributed by atoms with Gasteiger partial charge in [-0.1, -0.05) is 87.9 Å². The summed E-state index contributed by atoms with van der Waals surface area (Å²) in [5.41, 5.74) is 7.58. The van der Waals surface area contributed by atoms with E-state index in [0.717, 1.165) is 35.4 Å². The molecular formula is C23H28N4. The minimum atomic E-state index is 0.116. The number of hydrogen-bond donors (Lipinski definition) is 2. The van der Waals surface area contributed by atoms with Crippen LogP contribution in [0.15, 0.2) is 76.8 Å². The summed E-state index contributed by atoms with van der Waals surface area (Å²) < 4.78 is 0. The van der Waals surface area contributed by atoms with Crippen LogP contribution in [-0.2, 0) is 0 Å². The summed E-state index contributed by atoms with van der Waals surface area (Å²) >= 11 is 0. The molecule has 1 unspecified atom stereocenters. The number of nitrogens with zero attached hydrogens (tertiary/aromatic N) is 2. The Kier molecular flexibility index (Phi) is 6.42. The number of benzene rings is 2. The van der Waals surface area contributed by atoms with E-state index in [1.54, 1.807) is 0 Å². The summed E-state index contributed by atoms with van der Waals surface area (Å²) in [6.45, 7) is 6.54. The van der Waals surface area contributed by atoms with Gasteiger partial charge in [0.1, 0.15) is 0 Å². The molecule has 0 fully saturated rings. The third-order valence-electron chi connectivity index (χ3n) is 4.53. The number of hydrazone groups is 1. The second-order valence-electron chi connectivity index (χ2n) is 7.07. The lowest BCUT2D eigenvalue weighted by Gasteiger charge is -2.24. The van der Waals surface area contributed by atoms with Crippen molar-refractivity contribution in [3.63, 3.8) is 0 Å². The predicted molar refractivity (Wildman–Crippen MR) is 115 cm³/mol. The molecule has 0 bridgehead atoms. The van der Waals surface area contributed by atoms with Crippen LogP contribution >= 0.6 is 0 Å². The van der Waals surface area contributed by atoms with Crippen LogP contribution in [0, 0.1) is 5.92 Å². The van der Waals surface area contributed by atoms with Gasteiger partial charge in [-0.05, 0) is 29.5 Å². The third kappa shape index (κ3) is 5.07. The van der Waals surface area contributed by atoms with Crippen LogP contribution < -0.4 is 10.7 Å². The van der Waals surface area contributed by atoms with Crippen LogP contribution in [0.5, 0.6) is 0 Å². The first kappa shape index (κ1) is 18.9. The summed E-state index contributed by atoms with van der Waals surface area (Å²) in [4.78, 5) is 4.79. The molecule has 0 aromatic heterocycles. The molecule has 4 nitrogen and oxygen atoms in total. The minimum absolute atomic E-state index is 0.116. The van der Waals surface area contributed by atoms with E-state index in [1.165, 1.54) is 0 Å². The molecule has 140 valence electrons. The van der Waals surface area contributed by atoms with Crippen molar-refractivity contribution in [3.8, 4) is 0 Å². The highest BCUT2D eigenvalue weighted by Gasteiger charge is 2.19. The molecule has 2 aromatic carbocycles. The van der Waals surface area contributed by atoms with E-state index in [1.807, 2.05) is 36.4 Å². The van der Waals surface area contributed by atoms with Crippen LogP contribution in [-0.4, -0.2) is 17.7 Å². The highest BCUT2D eigenvalue weighted by molar-refractivity contribution is 6.01. The largest absolute Gasteiger partial charge is 0.325 e. The SMILES string of the molecule is CCC/C(=N\NC1=NC(C(C)C)C=C(c2ccccc2)N1)c1ccccc1. The average Bonchev–Trinajstić information content (AvgIpc) is 2.72. The maximum atomic E-state index is 4.79. The molecule has 1 aliphatic rings. The van der Waals surface area contributed by atoms with Crippen LogP contribution in [0.4, 0.5) is 0 Å². The minimum Gasteiger partial charge on any atom is -0.325 e. The Balaban J connectivity index is 1.82. The van der Waals surface area contributed by atoms with Crippen LogP contribution in [0.1, 0.15) is 44.7 Å². The number of rotatable bonds is 6. The second-order valence-corrected chi connectivity index (χ2v) is 7.07. The maximum Gasteiger partial charge on any atom is 0.217 e. The molecule has 1 aliphatic heterocycles. The van der Waals surface area contributed by atoms with E-state index >= 15 is 0 Å². The molecule has 3 rings (SSSR count). The maximum absolute atomic E-state index is 4.79. The standard InChI is InChI=1S/C23H28N4/c1-4-11-20(18-12-7-5-8-13-18)26-27-23-24-21(17(2)3)16-22(25-23)19-14-9-6-10-15-19/h5-10,12-17,21H,4,11H2,1-3H3,(H2,24,25,27)/b26-20+. The van der Waals surface area contributed by atoms with Gasteiger partial charge in [-0.3, -0.25) is 0 Å². The second kappa shape index (κ2) is 9.17. The van der Waals surface area contributed by atoms with Crippen molar-refractivity contribution in [2.75, 3.05) is 0 Å². The summed E-state index contributed by atoms with van der Waals surface area (Å²) in [6.07, 6.45) is 4.15. The zero-order valence-electron chi connectivity index (χ0n) is 16.3. The summed E-state index contributed by atoms with van der Waals surface area (Å²) in [6, 6.07) is 20.8. The van der Waals surface area contributed by atoms with Gasteiger partial charge in [-0.2, -0.15) is 5.10 Å². The molecule has 0 radical (unpaired) electrons. The molecule has 0 amide bonds. The summed E-state index contributed by atoms with van der Waals surface area (Å²) in [5, 5.41) is 8.07. The van der Waals surface area contributed by atoms with Gasteiger partial charge in [0.05, 0.1) is 11.8 Å². The van der Waals surface area contributed by atoms with E-state index in [9.17, 15) is 0 Å². The van der Waals surface area contributed by atoms with Crippen molar-refractivity contribution in [2.45, 2.75) is 39.7 Å². The lowest BCUT2D eigenvalue weighted by molar-refractivity contribution is 0.564. The van der Waals surface area contributed by atoms with Crippen LogP contribution in [0.25, 0.3) is 5.70 Å². The van der Waals surface area contributed by atoms with E-state index in [0.29, 0.717) is 11.9 Å². The van der Waals surface area contributed by atoms with Crippen molar-refractivity contribution in [1.29, 1.82) is 0 Å². The Hall–Kier alpha value is -2.88. The third-order valence-corrected chi connectivity index (χ3v) is 4.53. The molecule has 0 saturated carbocycles. The highest BCUT2D eigenvalue weighted by Crippen LogP contribution is 2.20. The molecule has 4 heteroatoms. The lowest BCUT2D eigenvalue weighted by Crippen LogP contribution is -2.39. The van der Waals surface area contributed by atoms with Gasteiger partial charge >= 0.3 is 0 Å². The quantitative estimate of drug-likeness (QED) is 0.574. The van der Waals surface area contributed by atoms with E-state index < -0.39 is 0 Å². The van der Waals surface area contributed by atoms with Crippen molar-refractivity contribution in [1.82, 2.24) is 10.7 Å². The van der Waals surface area contributed by atoms with Crippen molar-refractivity contribution in [3.05, 3.63) is 77.9 Å². The zero-order chi connectivity index (χ0) is 19.1. The van der Waals surface area contributed by atoms with Gasteiger partial charge in [0.15, 0.2) is 0 Å². The first-order valence-electron chi connectivity index (χ1n) is 9.67. The first-order chi connectivity index (χ1) is 13.2. The lowest BCUT2D eigenvalue weighted by atomic mass is 10.0. The van der Waals surface area contributed by atoms with Crippen LogP contribution in [0.2, 0.25) is 0 Å². The molecule has 27 heavy (non-hydrogen) atoms. The van der Waals surface area contributed by atoms with Crippen molar-refractivity contribution < 1.29 is 0 Å². The monoisotopic (exact) mass is 360 g/mol. The summed E-state index contributed by atoms with van der Waals surface area (Å²) in [5.74, 6) is 1.11. The Morgan fingerprint density at radius 3 is 2.37 bits per heavy atom. The number of guanidine groups is 1. The fourth-order valence-electron chi connectivity index (χ4n) is 3.00. The van der Waals surface area contributed by atoms with E-state index in [-0.39, 0.29) is 6.04 Å². The smallest absolute Gasteiger partial charge is 0.217 e. The highest BCUT2D eigenvalue weighted by atomic mass is 15.4. The molecular weight excluding hydrogens is 332 g/mol. The van der Waals surface area contributed by atoms with Gasteiger partial charge < -0.3 is 5.32 Å². The molecule has 2 N–H and O–H groups in total. The fraction of sp³-hybridized carbons (Fsp3) is 0.304. The van der Waals surface area contributed by atoms with E-state index in [4.69, 9.17) is 4.99 Å². The Bertz CT molecular complexity index is 820. The molecule has 1 heterocycles. The van der Waals surface area contributed by atoms with E-state index in [2.05, 4.69) is 67.0 Å². The normalized spacial score (nSPS) is 17.2. The van der Waals surface area contributed by atoms with Gasteiger partial charge in [-0.15, -0.1) is 0 Å². The topological polar surface area (TPSA) is 48.8 Å². The Labute approximate surface area is 162 Å². The van der Waals surface area contributed by atoms with Crippen LogP contribution in [0.3, 0.4) is 0 Å². The summed E-state index contributed by atoms with van der Waals surface area (Å²) in [7, 11) is 0. The fourth-order valence-corrected chi connectivity index (χ4v) is 3.00. The molecule has 0 aliphatic carbocycles. The van der Waals surface area contributed by atoms with Gasteiger partial charge in [0.25, 0.3) is 0 Å². The van der Waals surface area contributed by atoms with Gasteiger partial charge in [0, 0.05) is 5.70 Å². The molecule has 0 saturated heterocycles. The number of aliphatic imine (C=N–C) groups is 1. The molecule has 0 spiro atoms. The number of nitrogens with one attached hydrogen (secondary N) is 2.